The molecule has 0 amide bonds. The predicted molar refractivity (Wildman–Crippen MR) is 74.2 cm³/mol. The van der Waals surface area contributed by atoms with Crippen molar-refractivity contribution in [2.75, 3.05) is 19.7 Å². The fourth-order valence-electron chi connectivity index (χ4n) is 3.31. The molecule has 19 heavy (non-hydrogen) atoms. The first kappa shape index (κ1) is 13.5. The molecule has 0 radical (unpaired) electrons. The maximum atomic E-state index is 10.9. The normalized spacial score (nSPS) is 33.5. The molecule has 3 unspecified atom stereocenters. The smallest absolute Gasteiger partial charge is 0.329 e. The van der Waals surface area contributed by atoms with Gasteiger partial charge in [-0.1, -0.05) is 0 Å². The Kier molecular flexibility index (Phi) is 3.63. The molecular formula is C12H15BrN2O3S. The molecular weight excluding hydrogens is 332 g/mol. The SMILES string of the molecule is O=C(O)COC1(c2nc(Br)cs2)CCC2CNCC21. The van der Waals surface area contributed by atoms with Gasteiger partial charge in [0, 0.05) is 17.8 Å². The topological polar surface area (TPSA) is 71.5 Å². The first-order valence-electron chi connectivity index (χ1n) is 6.30. The maximum absolute atomic E-state index is 10.9. The van der Waals surface area contributed by atoms with E-state index in [9.17, 15) is 4.79 Å². The molecule has 7 heteroatoms. The van der Waals surface area contributed by atoms with Gasteiger partial charge in [-0.3, -0.25) is 0 Å². The Morgan fingerprint density at radius 1 is 1.68 bits per heavy atom. The predicted octanol–water partition coefficient (Wildman–Crippen LogP) is 1.83. The Bertz CT molecular complexity index is 495. The summed E-state index contributed by atoms with van der Waals surface area (Å²) in [5.41, 5.74) is -0.525. The second-order valence-corrected chi connectivity index (χ2v) is 6.78. The van der Waals surface area contributed by atoms with Gasteiger partial charge in [-0.2, -0.15) is 0 Å². The lowest BCUT2D eigenvalue weighted by Crippen LogP contribution is -2.38. The minimum Gasteiger partial charge on any atom is -0.480 e. The highest BCUT2D eigenvalue weighted by molar-refractivity contribution is 9.10. The second-order valence-electron chi connectivity index (χ2n) is 5.11. The molecule has 1 saturated carbocycles. The van der Waals surface area contributed by atoms with Crippen molar-refractivity contribution in [1.29, 1.82) is 0 Å². The molecule has 3 rings (SSSR count). The zero-order valence-corrected chi connectivity index (χ0v) is 12.7. The van der Waals surface area contributed by atoms with Gasteiger partial charge in [0.05, 0.1) is 0 Å². The van der Waals surface area contributed by atoms with Crippen LogP contribution in [0.5, 0.6) is 0 Å². The van der Waals surface area contributed by atoms with Crippen molar-refractivity contribution < 1.29 is 14.6 Å². The number of nitrogens with zero attached hydrogens (tertiary/aromatic N) is 1. The zero-order chi connectivity index (χ0) is 13.5. The third-order valence-corrected chi connectivity index (χ3v) is 5.83. The van der Waals surface area contributed by atoms with E-state index in [0.29, 0.717) is 11.8 Å². The quantitative estimate of drug-likeness (QED) is 0.870. The van der Waals surface area contributed by atoms with Crippen molar-refractivity contribution in [2.45, 2.75) is 18.4 Å². The lowest BCUT2D eigenvalue weighted by atomic mass is 9.88. The Balaban J connectivity index is 1.93. The molecule has 0 bridgehead atoms. The zero-order valence-electron chi connectivity index (χ0n) is 10.3. The van der Waals surface area contributed by atoms with E-state index in [1.165, 1.54) is 0 Å². The fraction of sp³-hybridized carbons (Fsp3) is 0.667. The number of fused-ring (bicyclic) bond motifs is 1. The summed E-state index contributed by atoms with van der Waals surface area (Å²) in [6, 6.07) is 0. The van der Waals surface area contributed by atoms with Crippen LogP contribution in [-0.2, 0) is 15.1 Å². The molecule has 1 aromatic heterocycles. The van der Waals surface area contributed by atoms with Gasteiger partial charge in [0.15, 0.2) is 0 Å². The standard InChI is InChI=1S/C12H15BrN2O3S/c13-9-6-19-11(15-9)12(18-5-10(16)17)2-1-7-3-14-4-8(7)12/h6-8,14H,1-5H2,(H,16,17). The highest BCUT2D eigenvalue weighted by atomic mass is 79.9. The van der Waals surface area contributed by atoms with Crippen LogP contribution in [-0.4, -0.2) is 35.8 Å². The van der Waals surface area contributed by atoms with Crippen LogP contribution in [0.3, 0.4) is 0 Å². The first-order chi connectivity index (χ1) is 9.12. The lowest BCUT2D eigenvalue weighted by molar-refractivity contribution is -0.154. The lowest BCUT2D eigenvalue weighted by Gasteiger charge is -2.32. The van der Waals surface area contributed by atoms with Crippen LogP contribution >= 0.6 is 27.3 Å². The fourth-order valence-corrected chi connectivity index (χ4v) is 4.81. The number of thiazole rings is 1. The number of carbonyl (C=O) groups is 1. The number of halogens is 1. The van der Waals surface area contributed by atoms with Crippen LogP contribution in [0.4, 0.5) is 0 Å². The summed E-state index contributed by atoms with van der Waals surface area (Å²) in [5.74, 6) is -0.0363. The summed E-state index contributed by atoms with van der Waals surface area (Å²) in [7, 11) is 0. The van der Waals surface area contributed by atoms with E-state index in [0.717, 1.165) is 35.5 Å². The summed E-state index contributed by atoms with van der Waals surface area (Å²) in [5, 5.41) is 15.1. The number of ether oxygens (including phenoxy) is 1. The monoisotopic (exact) mass is 346 g/mol. The van der Waals surface area contributed by atoms with Crippen LogP contribution in [0.1, 0.15) is 17.8 Å². The molecule has 1 aliphatic heterocycles. The minimum atomic E-state index is -0.926. The van der Waals surface area contributed by atoms with Crippen molar-refractivity contribution in [3.63, 3.8) is 0 Å². The number of rotatable bonds is 4. The molecule has 2 aliphatic rings. The third-order valence-electron chi connectivity index (χ3n) is 4.12. The van der Waals surface area contributed by atoms with Crippen molar-refractivity contribution in [2.24, 2.45) is 11.8 Å². The molecule has 0 spiro atoms. The molecule has 2 heterocycles. The molecule has 0 aromatic carbocycles. The molecule has 2 N–H and O–H groups in total. The highest BCUT2D eigenvalue weighted by Gasteiger charge is 2.54. The average molecular weight is 347 g/mol. The Hall–Kier alpha value is -0.500. The van der Waals surface area contributed by atoms with Crippen LogP contribution in [0.25, 0.3) is 0 Å². The number of carboxylic acids is 1. The van der Waals surface area contributed by atoms with Gasteiger partial charge >= 0.3 is 5.97 Å². The first-order valence-corrected chi connectivity index (χ1v) is 7.97. The van der Waals surface area contributed by atoms with Crippen LogP contribution < -0.4 is 5.32 Å². The maximum Gasteiger partial charge on any atom is 0.329 e. The van der Waals surface area contributed by atoms with Crippen molar-refractivity contribution in [1.82, 2.24) is 10.3 Å². The molecule has 104 valence electrons. The van der Waals surface area contributed by atoms with Gasteiger partial charge in [-0.15, -0.1) is 11.3 Å². The van der Waals surface area contributed by atoms with E-state index in [1.54, 1.807) is 11.3 Å². The Labute approximate surface area is 123 Å². The second kappa shape index (κ2) is 5.12. The number of nitrogens with one attached hydrogen (secondary N) is 1. The van der Waals surface area contributed by atoms with Gasteiger partial charge in [0.1, 0.15) is 21.8 Å². The Morgan fingerprint density at radius 2 is 2.53 bits per heavy atom. The van der Waals surface area contributed by atoms with Gasteiger partial charge < -0.3 is 15.2 Å². The van der Waals surface area contributed by atoms with Gasteiger partial charge in [0.25, 0.3) is 0 Å². The molecule has 1 aromatic rings. The number of aromatic nitrogens is 1. The number of hydrogen-bond donors (Lipinski definition) is 2. The largest absolute Gasteiger partial charge is 0.480 e. The van der Waals surface area contributed by atoms with E-state index in [1.807, 2.05) is 5.38 Å². The molecule has 2 fully saturated rings. The number of carboxylic acid groups (broad SMARTS) is 1. The summed E-state index contributed by atoms with van der Waals surface area (Å²) < 4.78 is 6.64. The van der Waals surface area contributed by atoms with E-state index in [2.05, 4.69) is 26.2 Å². The molecule has 3 atom stereocenters. The van der Waals surface area contributed by atoms with Crippen molar-refractivity contribution in [3.8, 4) is 0 Å². The van der Waals surface area contributed by atoms with Gasteiger partial charge in [0.2, 0.25) is 0 Å². The summed E-state index contributed by atoms with van der Waals surface area (Å²) >= 11 is 4.91. The molecule has 1 saturated heterocycles. The highest BCUT2D eigenvalue weighted by Crippen LogP contribution is 2.52. The summed E-state index contributed by atoms with van der Waals surface area (Å²) in [6.07, 6.45) is 1.92. The third kappa shape index (κ3) is 2.33. The van der Waals surface area contributed by atoms with E-state index in [4.69, 9.17) is 9.84 Å². The molecule has 5 nitrogen and oxygen atoms in total. The van der Waals surface area contributed by atoms with E-state index in [-0.39, 0.29) is 6.61 Å². The van der Waals surface area contributed by atoms with Crippen molar-refractivity contribution in [3.05, 3.63) is 15.0 Å². The van der Waals surface area contributed by atoms with Crippen LogP contribution in [0.2, 0.25) is 0 Å². The molecule has 1 aliphatic carbocycles. The van der Waals surface area contributed by atoms with Crippen LogP contribution in [0, 0.1) is 11.8 Å². The van der Waals surface area contributed by atoms with E-state index < -0.39 is 11.6 Å². The van der Waals surface area contributed by atoms with Gasteiger partial charge in [-0.05, 0) is 41.2 Å². The summed E-state index contributed by atoms with van der Waals surface area (Å²) in [6.45, 7) is 1.61. The number of hydrogen-bond acceptors (Lipinski definition) is 5. The van der Waals surface area contributed by atoms with Crippen LogP contribution in [0.15, 0.2) is 9.98 Å². The van der Waals surface area contributed by atoms with Crippen molar-refractivity contribution >= 4 is 33.2 Å². The van der Waals surface area contributed by atoms with Gasteiger partial charge in [-0.25, -0.2) is 9.78 Å². The average Bonchev–Trinajstić information content (AvgIpc) is 3.03. The summed E-state index contributed by atoms with van der Waals surface area (Å²) in [4.78, 5) is 15.4. The minimum absolute atomic E-state index is 0.263. The number of aliphatic carboxylic acids is 1. The van der Waals surface area contributed by atoms with E-state index >= 15 is 0 Å². The Morgan fingerprint density at radius 3 is 3.21 bits per heavy atom.